The van der Waals surface area contributed by atoms with Crippen molar-refractivity contribution in [3.63, 3.8) is 0 Å². The van der Waals surface area contributed by atoms with Gasteiger partial charge < -0.3 is 15.0 Å². The van der Waals surface area contributed by atoms with E-state index in [-0.39, 0.29) is 29.6 Å². The molecule has 5 rings (SSSR count). The quantitative estimate of drug-likeness (QED) is 0.771. The minimum atomic E-state index is -0.346. The van der Waals surface area contributed by atoms with E-state index in [4.69, 9.17) is 4.74 Å². The van der Waals surface area contributed by atoms with Crippen molar-refractivity contribution in [3.05, 3.63) is 35.9 Å². The lowest BCUT2D eigenvalue weighted by molar-refractivity contribution is -0.145. The van der Waals surface area contributed by atoms with Gasteiger partial charge >= 0.3 is 0 Å². The number of ether oxygens (including phenoxy) is 1. The molecule has 2 aliphatic heterocycles. The van der Waals surface area contributed by atoms with Crippen LogP contribution in [0.15, 0.2) is 30.3 Å². The number of benzene rings is 1. The second kappa shape index (κ2) is 7.75. The Hall–Kier alpha value is -1.88. The smallest absolute Gasteiger partial charge is 0.249 e. The molecule has 2 heterocycles. The van der Waals surface area contributed by atoms with Gasteiger partial charge in [0.15, 0.2) is 0 Å². The van der Waals surface area contributed by atoms with Crippen molar-refractivity contribution in [1.82, 2.24) is 10.2 Å². The molecule has 5 nitrogen and oxygen atoms in total. The molecule has 2 amide bonds. The molecule has 0 aromatic heterocycles. The van der Waals surface area contributed by atoms with Crippen molar-refractivity contribution in [2.75, 3.05) is 13.1 Å². The number of hydrogen-bond donors (Lipinski definition) is 1. The summed E-state index contributed by atoms with van der Waals surface area (Å²) in [6, 6.07) is 10.4. The second-order valence-electron chi connectivity index (χ2n) is 9.71. The summed E-state index contributed by atoms with van der Waals surface area (Å²) in [7, 11) is 0. The molecular weight excluding hydrogens is 364 g/mol. The van der Waals surface area contributed by atoms with Crippen LogP contribution >= 0.6 is 0 Å². The molecule has 4 fully saturated rings. The third kappa shape index (κ3) is 4.07. The van der Waals surface area contributed by atoms with Gasteiger partial charge in [0.2, 0.25) is 11.8 Å². The van der Waals surface area contributed by atoms with E-state index in [1.165, 1.54) is 24.8 Å². The van der Waals surface area contributed by atoms with Crippen LogP contribution in [-0.4, -0.2) is 48.1 Å². The zero-order valence-corrected chi connectivity index (χ0v) is 17.1. The lowest BCUT2D eigenvalue weighted by Crippen LogP contribution is -2.63. The summed E-state index contributed by atoms with van der Waals surface area (Å²) < 4.78 is 6.01. The molecule has 2 atom stereocenters. The summed E-state index contributed by atoms with van der Waals surface area (Å²) in [6.45, 7) is 1.33. The van der Waals surface area contributed by atoms with Crippen LogP contribution in [0.25, 0.3) is 0 Å². The maximum Gasteiger partial charge on any atom is 0.249 e. The second-order valence-corrected chi connectivity index (χ2v) is 9.71. The number of nitrogens with one attached hydrogen (secondary N) is 1. The van der Waals surface area contributed by atoms with Gasteiger partial charge in [-0.1, -0.05) is 49.6 Å². The van der Waals surface area contributed by atoms with Crippen molar-refractivity contribution in [2.24, 2.45) is 11.3 Å². The molecule has 0 bridgehead atoms. The molecule has 0 spiro atoms. The van der Waals surface area contributed by atoms with Gasteiger partial charge in [0.25, 0.3) is 0 Å². The molecule has 29 heavy (non-hydrogen) atoms. The maximum atomic E-state index is 12.9. The maximum absolute atomic E-state index is 12.9. The summed E-state index contributed by atoms with van der Waals surface area (Å²) in [5.41, 5.74) is 1.21. The zero-order chi connectivity index (χ0) is 19.8. The zero-order valence-electron chi connectivity index (χ0n) is 17.1. The van der Waals surface area contributed by atoms with Crippen molar-refractivity contribution < 1.29 is 14.3 Å². The molecule has 2 aliphatic carbocycles. The van der Waals surface area contributed by atoms with Crippen LogP contribution in [-0.2, 0) is 20.7 Å². The van der Waals surface area contributed by atoms with Gasteiger partial charge in [-0.2, -0.15) is 0 Å². The number of likely N-dealkylation sites (tertiary alicyclic amines) is 1. The molecule has 2 saturated heterocycles. The van der Waals surface area contributed by atoms with Gasteiger partial charge in [0.1, 0.15) is 6.10 Å². The van der Waals surface area contributed by atoms with Gasteiger partial charge in [-0.25, -0.2) is 0 Å². The minimum absolute atomic E-state index is 0.00624. The van der Waals surface area contributed by atoms with Crippen LogP contribution < -0.4 is 5.32 Å². The Balaban J connectivity index is 1.04. The Kier molecular flexibility index (Phi) is 5.10. The average Bonchev–Trinajstić information content (AvgIpc) is 3.31. The SMILES string of the molecule is O=C(NC1CN(C(=O)C2(CC3CCC3)CC2)C1)[C@@H]1CC[C@H](Cc2ccccc2)O1. The Morgan fingerprint density at radius 1 is 1.07 bits per heavy atom. The van der Waals surface area contributed by atoms with Crippen molar-refractivity contribution in [2.45, 2.75) is 76.0 Å². The summed E-state index contributed by atoms with van der Waals surface area (Å²) in [5.74, 6) is 1.12. The number of nitrogens with zero attached hydrogens (tertiary/aromatic N) is 1. The fraction of sp³-hybridized carbons (Fsp3) is 0.667. The van der Waals surface area contributed by atoms with E-state index in [0.29, 0.717) is 19.0 Å². The topological polar surface area (TPSA) is 58.6 Å². The highest BCUT2D eigenvalue weighted by molar-refractivity contribution is 5.87. The minimum Gasteiger partial charge on any atom is -0.365 e. The first-order valence-corrected chi connectivity index (χ1v) is 11.4. The summed E-state index contributed by atoms with van der Waals surface area (Å²) >= 11 is 0. The van der Waals surface area contributed by atoms with E-state index in [0.717, 1.165) is 44.4 Å². The first-order chi connectivity index (χ1) is 14.1. The third-order valence-electron chi connectivity index (χ3n) is 7.43. The lowest BCUT2D eigenvalue weighted by Gasteiger charge is -2.42. The average molecular weight is 397 g/mol. The molecule has 4 aliphatic rings. The fourth-order valence-corrected chi connectivity index (χ4v) is 5.20. The summed E-state index contributed by atoms with van der Waals surface area (Å²) in [4.78, 5) is 27.4. The molecule has 2 saturated carbocycles. The first-order valence-electron chi connectivity index (χ1n) is 11.4. The number of carbonyl (C=O) groups is 2. The monoisotopic (exact) mass is 396 g/mol. The van der Waals surface area contributed by atoms with Gasteiger partial charge in [-0.15, -0.1) is 0 Å². The Bertz CT molecular complexity index is 751. The molecule has 0 unspecified atom stereocenters. The summed E-state index contributed by atoms with van der Waals surface area (Å²) in [6.07, 6.45) is 9.51. The Morgan fingerprint density at radius 2 is 1.83 bits per heavy atom. The predicted octanol–water partition coefficient (Wildman–Crippen LogP) is 3.07. The van der Waals surface area contributed by atoms with Crippen LogP contribution in [0.5, 0.6) is 0 Å². The summed E-state index contributed by atoms with van der Waals surface area (Å²) in [5, 5.41) is 3.10. The standard InChI is InChI=1S/C24H32N2O3/c27-22(21-10-9-20(29-21)13-17-5-2-1-3-6-17)25-19-15-26(16-19)23(28)24(11-12-24)14-18-7-4-8-18/h1-3,5-6,18-21H,4,7-16H2,(H,25,27)/t20-,21+/m1/s1. The van der Waals surface area contributed by atoms with Gasteiger partial charge in [-0.3, -0.25) is 9.59 Å². The van der Waals surface area contributed by atoms with E-state index in [2.05, 4.69) is 17.4 Å². The molecule has 5 heteroatoms. The number of rotatable bonds is 7. The van der Waals surface area contributed by atoms with Crippen molar-refractivity contribution in [3.8, 4) is 0 Å². The van der Waals surface area contributed by atoms with Crippen LogP contribution in [0, 0.1) is 11.3 Å². The Labute approximate surface area is 173 Å². The Morgan fingerprint density at radius 3 is 2.48 bits per heavy atom. The van der Waals surface area contributed by atoms with Crippen LogP contribution in [0.2, 0.25) is 0 Å². The van der Waals surface area contributed by atoms with E-state index in [1.54, 1.807) is 0 Å². The predicted molar refractivity (Wildman–Crippen MR) is 110 cm³/mol. The highest BCUT2D eigenvalue weighted by atomic mass is 16.5. The molecule has 1 aromatic rings. The van der Waals surface area contributed by atoms with Crippen molar-refractivity contribution in [1.29, 1.82) is 0 Å². The number of amides is 2. The van der Waals surface area contributed by atoms with Crippen LogP contribution in [0.4, 0.5) is 0 Å². The molecule has 1 aromatic carbocycles. The molecule has 0 radical (unpaired) electrons. The van der Waals surface area contributed by atoms with E-state index >= 15 is 0 Å². The van der Waals surface area contributed by atoms with Gasteiger partial charge in [0, 0.05) is 18.5 Å². The van der Waals surface area contributed by atoms with Gasteiger partial charge in [-0.05, 0) is 50.0 Å². The van der Waals surface area contributed by atoms with E-state index in [1.807, 2.05) is 23.1 Å². The molecule has 156 valence electrons. The molecular formula is C24H32N2O3. The van der Waals surface area contributed by atoms with E-state index in [9.17, 15) is 9.59 Å². The van der Waals surface area contributed by atoms with Crippen LogP contribution in [0.3, 0.4) is 0 Å². The van der Waals surface area contributed by atoms with Crippen LogP contribution in [0.1, 0.15) is 56.9 Å². The number of carbonyl (C=O) groups excluding carboxylic acids is 2. The highest BCUT2D eigenvalue weighted by Crippen LogP contribution is 2.55. The molecule has 1 N–H and O–H groups in total. The van der Waals surface area contributed by atoms with E-state index < -0.39 is 0 Å². The highest BCUT2D eigenvalue weighted by Gasteiger charge is 2.54. The normalized spacial score (nSPS) is 28.5. The lowest BCUT2D eigenvalue weighted by atomic mass is 9.77. The van der Waals surface area contributed by atoms with Crippen molar-refractivity contribution >= 4 is 11.8 Å². The first kappa shape index (κ1) is 19.1. The number of hydrogen-bond acceptors (Lipinski definition) is 3. The largest absolute Gasteiger partial charge is 0.365 e. The fourth-order valence-electron chi connectivity index (χ4n) is 5.20. The third-order valence-corrected chi connectivity index (χ3v) is 7.43. The van der Waals surface area contributed by atoms with Gasteiger partial charge in [0.05, 0.1) is 12.1 Å².